The Hall–Kier alpha value is -2.71. The predicted octanol–water partition coefficient (Wildman–Crippen LogP) is 3.64. The van der Waals surface area contributed by atoms with Gasteiger partial charge in [0.1, 0.15) is 5.75 Å². The van der Waals surface area contributed by atoms with Crippen LogP contribution in [-0.4, -0.2) is 39.3 Å². The maximum absolute atomic E-state index is 9.55. The Balaban J connectivity index is 1.44. The number of nitrogens with one attached hydrogen (secondary N) is 2. The maximum Gasteiger partial charge on any atom is 0.227 e. The summed E-state index contributed by atoms with van der Waals surface area (Å²) < 4.78 is 5.61. The maximum atomic E-state index is 9.55. The van der Waals surface area contributed by atoms with Crippen LogP contribution in [0.2, 0.25) is 0 Å². The lowest BCUT2D eigenvalue weighted by Crippen LogP contribution is -2.18. The molecule has 8 heteroatoms. The molecule has 0 aliphatic carbocycles. The normalized spacial score (nSPS) is 16.5. The first-order chi connectivity index (χ1) is 12.8. The van der Waals surface area contributed by atoms with Crippen LogP contribution in [0.25, 0.3) is 10.6 Å². The van der Waals surface area contributed by atoms with Crippen molar-refractivity contribution in [2.24, 2.45) is 0 Å². The van der Waals surface area contributed by atoms with Crippen molar-refractivity contribution in [2.45, 2.75) is 18.9 Å². The Morgan fingerprint density at radius 1 is 1.27 bits per heavy atom. The van der Waals surface area contributed by atoms with E-state index in [1.54, 1.807) is 35.7 Å². The molecule has 7 nitrogen and oxygen atoms in total. The number of rotatable bonds is 6. The van der Waals surface area contributed by atoms with Crippen molar-refractivity contribution >= 4 is 28.1 Å². The first-order valence-corrected chi connectivity index (χ1v) is 9.29. The molecule has 1 atom stereocenters. The molecule has 26 heavy (non-hydrogen) atoms. The second kappa shape index (κ2) is 7.67. The molecule has 3 N–H and O–H groups in total. The third-order valence-corrected chi connectivity index (χ3v) is 5.00. The number of nitrogens with zero attached hydrogens (tertiary/aromatic N) is 3. The molecule has 134 valence electrons. The van der Waals surface area contributed by atoms with Crippen LogP contribution in [0.5, 0.6) is 5.75 Å². The lowest BCUT2D eigenvalue weighted by Gasteiger charge is -2.09. The van der Waals surface area contributed by atoms with E-state index in [1.807, 2.05) is 18.3 Å². The molecule has 1 aromatic carbocycles. The van der Waals surface area contributed by atoms with Crippen LogP contribution in [-0.2, 0) is 4.74 Å². The first-order valence-electron chi connectivity index (χ1n) is 8.47. The van der Waals surface area contributed by atoms with Crippen LogP contribution in [0.4, 0.5) is 16.8 Å². The van der Waals surface area contributed by atoms with E-state index in [9.17, 15) is 5.11 Å². The van der Waals surface area contributed by atoms with Gasteiger partial charge in [-0.05, 0) is 31.0 Å². The number of benzene rings is 1. The van der Waals surface area contributed by atoms with Crippen LogP contribution in [0, 0.1) is 0 Å². The molecule has 3 heterocycles. The molecule has 1 fully saturated rings. The summed E-state index contributed by atoms with van der Waals surface area (Å²) in [5.74, 6) is 0.658. The number of phenolic OH excluding ortho intramolecular Hbond substituents is 1. The molecule has 1 aliphatic rings. The standard InChI is InChI=1S/C18H19N5O2S/c24-13-4-1-3-12(9-13)22-17-19-7-6-15(23-17)16-11-21-18(26-16)20-10-14-5-2-8-25-14/h1,3-4,6-7,9,11,14,24H,2,5,8,10H2,(H,20,21)(H,19,22,23). The summed E-state index contributed by atoms with van der Waals surface area (Å²) >= 11 is 1.55. The number of ether oxygens (including phenoxy) is 1. The smallest absolute Gasteiger partial charge is 0.227 e. The minimum absolute atomic E-state index is 0.190. The summed E-state index contributed by atoms with van der Waals surface area (Å²) in [7, 11) is 0. The average molecular weight is 369 g/mol. The van der Waals surface area contributed by atoms with Crippen molar-refractivity contribution in [3.63, 3.8) is 0 Å². The van der Waals surface area contributed by atoms with Gasteiger partial charge in [-0.1, -0.05) is 17.4 Å². The summed E-state index contributed by atoms with van der Waals surface area (Å²) in [4.78, 5) is 14.1. The van der Waals surface area contributed by atoms with E-state index in [0.29, 0.717) is 5.95 Å². The summed E-state index contributed by atoms with van der Waals surface area (Å²) in [6, 6.07) is 8.69. The minimum atomic E-state index is 0.190. The molecule has 1 saturated heterocycles. The fraction of sp³-hybridized carbons (Fsp3) is 0.278. The van der Waals surface area contributed by atoms with Crippen molar-refractivity contribution in [3.8, 4) is 16.3 Å². The predicted molar refractivity (Wildman–Crippen MR) is 102 cm³/mol. The molecule has 0 saturated carbocycles. The van der Waals surface area contributed by atoms with Crippen molar-refractivity contribution in [1.29, 1.82) is 0 Å². The van der Waals surface area contributed by atoms with E-state index >= 15 is 0 Å². The summed E-state index contributed by atoms with van der Waals surface area (Å²) in [6.07, 6.45) is 6.02. The summed E-state index contributed by atoms with van der Waals surface area (Å²) in [5, 5.41) is 16.8. The molecular formula is C18H19N5O2S. The summed E-state index contributed by atoms with van der Waals surface area (Å²) in [5.41, 5.74) is 1.52. The number of hydrogen-bond donors (Lipinski definition) is 3. The van der Waals surface area contributed by atoms with Crippen LogP contribution in [0.3, 0.4) is 0 Å². The lowest BCUT2D eigenvalue weighted by atomic mass is 10.2. The summed E-state index contributed by atoms with van der Waals surface area (Å²) in [6.45, 7) is 1.63. The van der Waals surface area contributed by atoms with Gasteiger partial charge in [0.15, 0.2) is 5.13 Å². The third-order valence-electron chi connectivity index (χ3n) is 4.02. The number of hydrogen-bond acceptors (Lipinski definition) is 8. The van der Waals surface area contributed by atoms with Gasteiger partial charge in [0.25, 0.3) is 0 Å². The minimum Gasteiger partial charge on any atom is -0.508 e. The molecule has 1 aliphatic heterocycles. The van der Waals surface area contributed by atoms with Gasteiger partial charge in [-0.3, -0.25) is 0 Å². The molecule has 3 aromatic rings. The molecule has 0 bridgehead atoms. The molecule has 0 amide bonds. The lowest BCUT2D eigenvalue weighted by molar-refractivity contribution is 0.120. The van der Waals surface area contributed by atoms with Gasteiger partial charge < -0.3 is 20.5 Å². The SMILES string of the molecule is Oc1cccc(Nc2nccc(-c3cnc(NCC4CCCO4)s3)n2)c1. The number of phenols is 1. The highest BCUT2D eigenvalue weighted by molar-refractivity contribution is 7.18. The Morgan fingerprint density at radius 2 is 2.23 bits per heavy atom. The zero-order chi connectivity index (χ0) is 17.8. The van der Waals surface area contributed by atoms with Gasteiger partial charge in [-0.2, -0.15) is 0 Å². The topological polar surface area (TPSA) is 92.2 Å². The van der Waals surface area contributed by atoms with Crippen molar-refractivity contribution in [1.82, 2.24) is 15.0 Å². The first kappa shape index (κ1) is 16.7. The Bertz CT molecular complexity index is 879. The van der Waals surface area contributed by atoms with Crippen molar-refractivity contribution in [3.05, 3.63) is 42.7 Å². The van der Waals surface area contributed by atoms with Crippen LogP contribution < -0.4 is 10.6 Å². The molecule has 0 spiro atoms. The number of anilines is 3. The number of thiazole rings is 1. The number of aromatic hydroxyl groups is 1. The Labute approximate surface area is 155 Å². The van der Waals surface area contributed by atoms with Gasteiger partial charge in [0.05, 0.1) is 16.7 Å². The van der Waals surface area contributed by atoms with E-state index in [-0.39, 0.29) is 11.9 Å². The van der Waals surface area contributed by atoms with Crippen LogP contribution in [0.15, 0.2) is 42.7 Å². The third kappa shape index (κ3) is 4.09. The molecular weight excluding hydrogens is 350 g/mol. The van der Waals surface area contributed by atoms with Gasteiger partial charge in [0, 0.05) is 37.3 Å². The molecule has 4 rings (SSSR count). The highest BCUT2D eigenvalue weighted by Crippen LogP contribution is 2.28. The van der Waals surface area contributed by atoms with Gasteiger partial charge in [0.2, 0.25) is 5.95 Å². The second-order valence-electron chi connectivity index (χ2n) is 5.99. The highest BCUT2D eigenvalue weighted by atomic mass is 32.1. The number of aromatic nitrogens is 3. The monoisotopic (exact) mass is 369 g/mol. The second-order valence-corrected chi connectivity index (χ2v) is 7.02. The largest absolute Gasteiger partial charge is 0.508 e. The van der Waals surface area contributed by atoms with E-state index < -0.39 is 0 Å². The fourth-order valence-electron chi connectivity index (χ4n) is 2.75. The van der Waals surface area contributed by atoms with E-state index in [0.717, 1.165) is 47.4 Å². The van der Waals surface area contributed by atoms with Crippen molar-refractivity contribution < 1.29 is 9.84 Å². The molecule has 0 radical (unpaired) electrons. The fourth-order valence-corrected chi connectivity index (χ4v) is 3.54. The van der Waals surface area contributed by atoms with Gasteiger partial charge >= 0.3 is 0 Å². The van der Waals surface area contributed by atoms with Gasteiger partial charge in [-0.15, -0.1) is 0 Å². The Morgan fingerprint density at radius 3 is 3.08 bits per heavy atom. The van der Waals surface area contributed by atoms with Crippen molar-refractivity contribution in [2.75, 3.05) is 23.8 Å². The highest BCUT2D eigenvalue weighted by Gasteiger charge is 2.16. The zero-order valence-electron chi connectivity index (χ0n) is 14.1. The van der Waals surface area contributed by atoms with E-state index in [1.165, 1.54) is 0 Å². The molecule has 1 unspecified atom stereocenters. The Kier molecular flexibility index (Phi) is 4.94. The van der Waals surface area contributed by atoms with Crippen LogP contribution >= 0.6 is 11.3 Å². The van der Waals surface area contributed by atoms with E-state index in [4.69, 9.17) is 4.74 Å². The van der Waals surface area contributed by atoms with Gasteiger partial charge in [-0.25, -0.2) is 15.0 Å². The average Bonchev–Trinajstić information content (AvgIpc) is 3.32. The zero-order valence-corrected chi connectivity index (χ0v) is 14.9. The quantitative estimate of drug-likeness (QED) is 0.611. The van der Waals surface area contributed by atoms with E-state index in [2.05, 4.69) is 25.6 Å². The molecule has 2 aromatic heterocycles. The van der Waals surface area contributed by atoms with Crippen LogP contribution in [0.1, 0.15) is 12.8 Å².